The number of carbonyl (C=O) groups excluding carboxylic acids is 2. The minimum Gasteiger partial charge on any atom is -0.495 e. The van der Waals surface area contributed by atoms with Gasteiger partial charge in [0.25, 0.3) is 5.91 Å². The highest BCUT2D eigenvalue weighted by molar-refractivity contribution is 6.04. The van der Waals surface area contributed by atoms with Crippen LogP contribution in [0.5, 0.6) is 5.75 Å². The lowest BCUT2D eigenvalue weighted by Crippen LogP contribution is -2.19. The third-order valence-electron chi connectivity index (χ3n) is 3.73. The molecule has 0 saturated heterocycles. The van der Waals surface area contributed by atoms with Crippen LogP contribution < -0.4 is 15.4 Å². The van der Waals surface area contributed by atoms with E-state index in [-0.39, 0.29) is 24.3 Å². The normalized spacial score (nSPS) is 10.7. The number of nitrogens with zero attached hydrogens (tertiary/aromatic N) is 2. The predicted octanol–water partition coefficient (Wildman–Crippen LogP) is 2.39. The highest BCUT2D eigenvalue weighted by Gasteiger charge is 2.16. The van der Waals surface area contributed by atoms with Crippen LogP contribution in [0, 0.1) is 0 Å². The van der Waals surface area contributed by atoms with Gasteiger partial charge >= 0.3 is 0 Å². The van der Waals surface area contributed by atoms with Gasteiger partial charge in [0.1, 0.15) is 18.1 Å². The Balaban J connectivity index is 2.21. The topological polar surface area (TPSA) is 94.5 Å². The van der Waals surface area contributed by atoms with Crippen LogP contribution in [-0.2, 0) is 16.6 Å². The first-order valence-corrected chi connectivity index (χ1v) is 8.17. The molecule has 2 aromatic rings. The number of nitrogens with one attached hydrogen (secondary N) is 2. The number of benzene rings is 1. The molecule has 2 rings (SSSR count). The molecule has 2 N–H and O–H groups in total. The van der Waals surface area contributed by atoms with E-state index in [1.165, 1.54) is 14.2 Å². The molecule has 0 atom stereocenters. The average molecular weight is 360 g/mol. The molecular weight excluding hydrogens is 336 g/mol. The van der Waals surface area contributed by atoms with E-state index in [1.807, 2.05) is 13.8 Å². The molecule has 0 aliphatic carbocycles. The number of amides is 2. The van der Waals surface area contributed by atoms with Crippen molar-refractivity contribution in [2.75, 3.05) is 31.5 Å². The van der Waals surface area contributed by atoms with Crippen LogP contribution in [0.3, 0.4) is 0 Å². The van der Waals surface area contributed by atoms with Crippen molar-refractivity contribution in [1.29, 1.82) is 0 Å². The second-order valence-corrected chi connectivity index (χ2v) is 6.08. The lowest BCUT2D eigenvalue weighted by Gasteiger charge is -2.12. The van der Waals surface area contributed by atoms with E-state index in [9.17, 15) is 9.59 Å². The smallest absolute Gasteiger partial charge is 0.273 e. The first-order chi connectivity index (χ1) is 12.3. The first kappa shape index (κ1) is 19.5. The summed E-state index contributed by atoms with van der Waals surface area (Å²) in [5, 5.41) is 9.84. The largest absolute Gasteiger partial charge is 0.495 e. The number of hydrogen-bond acceptors (Lipinski definition) is 5. The molecule has 0 bridgehead atoms. The van der Waals surface area contributed by atoms with Gasteiger partial charge in [-0.05, 0) is 30.2 Å². The van der Waals surface area contributed by atoms with E-state index >= 15 is 0 Å². The second kappa shape index (κ2) is 8.48. The fraction of sp³-hybridized carbons (Fsp3) is 0.389. The summed E-state index contributed by atoms with van der Waals surface area (Å²) in [4.78, 5) is 24.3. The summed E-state index contributed by atoms with van der Waals surface area (Å²) >= 11 is 0. The van der Waals surface area contributed by atoms with Crippen LogP contribution >= 0.6 is 0 Å². The van der Waals surface area contributed by atoms with Gasteiger partial charge in [-0.25, -0.2) is 0 Å². The third-order valence-corrected chi connectivity index (χ3v) is 3.73. The Morgan fingerprint density at radius 1 is 1.19 bits per heavy atom. The minimum atomic E-state index is -0.317. The molecule has 8 heteroatoms. The summed E-state index contributed by atoms with van der Waals surface area (Å²) in [5.41, 5.74) is 2.27. The molecule has 0 radical (unpaired) electrons. The highest BCUT2D eigenvalue weighted by Crippen LogP contribution is 2.28. The van der Waals surface area contributed by atoms with Crippen molar-refractivity contribution in [3.05, 3.63) is 35.7 Å². The second-order valence-electron chi connectivity index (χ2n) is 6.08. The minimum absolute atomic E-state index is 0.0766. The summed E-state index contributed by atoms with van der Waals surface area (Å²) in [6, 6.07) is 6.76. The Morgan fingerprint density at radius 3 is 2.50 bits per heavy atom. The fourth-order valence-electron chi connectivity index (χ4n) is 2.38. The van der Waals surface area contributed by atoms with Crippen LogP contribution in [0.2, 0.25) is 0 Å². The number of aryl methyl sites for hydroxylation is 1. The third kappa shape index (κ3) is 4.60. The quantitative estimate of drug-likeness (QED) is 0.791. The van der Waals surface area contributed by atoms with Crippen LogP contribution in [0.4, 0.5) is 11.4 Å². The molecule has 8 nitrogen and oxygen atoms in total. The molecule has 0 aliphatic heterocycles. The van der Waals surface area contributed by atoms with Gasteiger partial charge in [0.15, 0.2) is 0 Å². The molecule has 0 spiro atoms. The predicted molar refractivity (Wildman–Crippen MR) is 98.7 cm³/mol. The summed E-state index contributed by atoms with van der Waals surface area (Å²) in [7, 11) is 4.67. The summed E-state index contributed by atoms with van der Waals surface area (Å²) < 4.78 is 11.6. The van der Waals surface area contributed by atoms with Gasteiger partial charge < -0.3 is 20.1 Å². The van der Waals surface area contributed by atoms with Gasteiger partial charge in [-0.1, -0.05) is 13.8 Å². The van der Waals surface area contributed by atoms with E-state index in [0.29, 0.717) is 22.8 Å². The Morgan fingerprint density at radius 2 is 1.92 bits per heavy atom. The van der Waals surface area contributed by atoms with Gasteiger partial charge in [-0.15, -0.1) is 0 Å². The van der Waals surface area contributed by atoms with Crippen molar-refractivity contribution in [2.24, 2.45) is 7.05 Å². The summed E-state index contributed by atoms with van der Waals surface area (Å²) in [6.07, 6.45) is 0. The van der Waals surface area contributed by atoms with Crippen molar-refractivity contribution in [3.8, 4) is 5.75 Å². The average Bonchev–Trinajstić information content (AvgIpc) is 2.97. The van der Waals surface area contributed by atoms with Crippen molar-refractivity contribution >= 4 is 23.2 Å². The number of ether oxygens (including phenoxy) is 2. The SMILES string of the molecule is COCC(=O)Nc1cc(NC(=O)c2cc(C(C)C)nn2C)ccc1OC. The van der Waals surface area contributed by atoms with Gasteiger partial charge in [0, 0.05) is 19.8 Å². The number of carbonyl (C=O) groups is 2. The Hall–Kier alpha value is -2.87. The zero-order chi connectivity index (χ0) is 19.3. The molecule has 1 aromatic heterocycles. The molecule has 0 saturated carbocycles. The molecule has 1 heterocycles. The van der Waals surface area contributed by atoms with Crippen LogP contribution in [0.1, 0.15) is 35.9 Å². The first-order valence-electron chi connectivity index (χ1n) is 8.17. The van der Waals surface area contributed by atoms with E-state index in [0.717, 1.165) is 5.69 Å². The molecule has 0 unspecified atom stereocenters. The van der Waals surface area contributed by atoms with Crippen LogP contribution in [0.25, 0.3) is 0 Å². The number of methoxy groups -OCH3 is 2. The molecule has 2 amide bonds. The standard InChI is InChI=1S/C18H24N4O4/c1-11(2)13-9-15(22(3)21-13)18(24)19-12-6-7-16(26-5)14(8-12)20-17(23)10-25-4/h6-9,11H,10H2,1-5H3,(H,19,24)(H,20,23). The van der Waals surface area contributed by atoms with Crippen molar-refractivity contribution in [3.63, 3.8) is 0 Å². The van der Waals surface area contributed by atoms with Crippen molar-refractivity contribution in [1.82, 2.24) is 9.78 Å². The van der Waals surface area contributed by atoms with Gasteiger partial charge in [-0.2, -0.15) is 5.10 Å². The van der Waals surface area contributed by atoms with Gasteiger partial charge in [-0.3, -0.25) is 14.3 Å². The number of rotatable bonds is 7. The number of hydrogen-bond donors (Lipinski definition) is 2. The Kier molecular flexibility index (Phi) is 6.35. The molecule has 1 aromatic carbocycles. The molecular formula is C18H24N4O4. The van der Waals surface area contributed by atoms with E-state index in [2.05, 4.69) is 15.7 Å². The van der Waals surface area contributed by atoms with Crippen LogP contribution in [-0.4, -0.2) is 42.4 Å². The van der Waals surface area contributed by atoms with E-state index < -0.39 is 0 Å². The zero-order valence-electron chi connectivity index (χ0n) is 15.6. The lowest BCUT2D eigenvalue weighted by molar-refractivity contribution is -0.119. The fourth-order valence-corrected chi connectivity index (χ4v) is 2.38. The van der Waals surface area contributed by atoms with Gasteiger partial charge in [0.2, 0.25) is 5.91 Å². The number of aromatic nitrogens is 2. The molecule has 26 heavy (non-hydrogen) atoms. The van der Waals surface area contributed by atoms with E-state index in [1.54, 1.807) is 36.0 Å². The van der Waals surface area contributed by atoms with E-state index in [4.69, 9.17) is 9.47 Å². The van der Waals surface area contributed by atoms with Gasteiger partial charge in [0.05, 0.1) is 18.5 Å². The Labute approximate surface area is 152 Å². The summed E-state index contributed by atoms with van der Waals surface area (Å²) in [6.45, 7) is 3.96. The summed E-state index contributed by atoms with van der Waals surface area (Å²) in [5.74, 6) is 0.107. The van der Waals surface area contributed by atoms with Crippen molar-refractivity contribution in [2.45, 2.75) is 19.8 Å². The molecule has 0 aliphatic rings. The maximum atomic E-state index is 12.6. The number of anilines is 2. The maximum absolute atomic E-state index is 12.6. The van der Waals surface area contributed by atoms with Crippen LogP contribution in [0.15, 0.2) is 24.3 Å². The zero-order valence-corrected chi connectivity index (χ0v) is 15.6. The lowest BCUT2D eigenvalue weighted by atomic mass is 10.1. The monoisotopic (exact) mass is 360 g/mol. The highest BCUT2D eigenvalue weighted by atomic mass is 16.5. The van der Waals surface area contributed by atoms with Crippen molar-refractivity contribution < 1.29 is 19.1 Å². The Bertz CT molecular complexity index is 798. The molecule has 0 fully saturated rings. The molecule has 140 valence electrons. The maximum Gasteiger partial charge on any atom is 0.273 e.